The van der Waals surface area contributed by atoms with Crippen molar-refractivity contribution < 1.29 is 0 Å². The molecule has 0 aliphatic rings. The average molecular weight is 190 g/mol. The Kier molecular flexibility index (Phi) is 1.95. The zero-order chi connectivity index (χ0) is 10.3. The highest BCUT2D eigenvalue weighted by atomic mass is 16.1. The van der Waals surface area contributed by atoms with Gasteiger partial charge in [0.15, 0.2) is 0 Å². The number of H-pyrrole nitrogens is 1. The maximum absolute atomic E-state index is 11.5. The lowest BCUT2D eigenvalue weighted by molar-refractivity contribution is 0.863. The summed E-state index contributed by atoms with van der Waals surface area (Å²) >= 11 is 0. The first-order chi connectivity index (χ1) is 6.59. The highest BCUT2D eigenvalue weighted by molar-refractivity contribution is 5.82. The van der Waals surface area contributed by atoms with Gasteiger partial charge in [-0.2, -0.15) is 0 Å². The summed E-state index contributed by atoms with van der Waals surface area (Å²) in [7, 11) is 1.76. The number of hydrogen-bond donors (Lipinski definition) is 1. The number of fused-ring (bicyclic) bond motifs is 1. The van der Waals surface area contributed by atoms with Gasteiger partial charge in [-0.3, -0.25) is 4.79 Å². The molecule has 3 heteroatoms. The minimum Gasteiger partial charge on any atom is -0.360 e. The maximum Gasteiger partial charge on any atom is 0.251 e. The van der Waals surface area contributed by atoms with Crippen molar-refractivity contribution in [2.75, 3.05) is 0 Å². The molecule has 2 aromatic rings. The second kappa shape index (κ2) is 3.01. The molecule has 3 nitrogen and oxygen atoms in total. The van der Waals surface area contributed by atoms with E-state index in [4.69, 9.17) is 0 Å². The molecule has 0 spiro atoms. The molecule has 74 valence electrons. The van der Waals surface area contributed by atoms with E-state index >= 15 is 0 Å². The summed E-state index contributed by atoms with van der Waals surface area (Å²) in [5.74, 6) is 0.441. The van der Waals surface area contributed by atoms with E-state index in [1.54, 1.807) is 17.7 Å². The number of aromatic amines is 1. The van der Waals surface area contributed by atoms with Crippen LogP contribution in [0.1, 0.15) is 25.3 Å². The topological polar surface area (TPSA) is 37.8 Å². The summed E-state index contributed by atoms with van der Waals surface area (Å²) in [6, 6.07) is 1.70. The molecular formula is C11H14N2O. The van der Waals surface area contributed by atoms with Gasteiger partial charge in [0.25, 0.3) is 5.56 Å². The third kappa shape index (κ3) is 1.25. The molecule has 0 unspecified atom stereocenters. The molecule has 0 fully saturated rings. The molecule has 0 saturated heterocycles. The summed E-state index contributed by atoms with van der Waals surface area (Å²) in [5.41, 5.74) is 2.27. The van der Waals surface area contributed by atoms with E-state index in [-0.39, 0.29) is 5.56 Å². The van der Waals surface area contributed by atoms with E-state index in [1.807, 2.05) is 12.4 Å². The molecule has 2 rings (SSSR count). The number of nitrogens with zero attached hydrogens (tertiary/aromatic N) is 1. The zero-order valence-corrected chi connectivity index (χ0v) is 8.66. The summed E-state index contributed by atoms with van der Waals surface area (Å²) in [6.07, 6.45) is 3.82. The number of pyridine rings is 1. The fraction of sp³-hybridized carbons (Fsp3) is 0.364. The van der Waals surface area contributed by atoms with Crippen LogP contribution in [0.5, 0.6) is 0 Å². The Hall–Kier alpha value is -1.51. The van der Waals surface area contributed by atoms with E-state index in [2.05, 4.69) is 18.8 Å². The van der Waals surface area contributed by atoms with Crippen molar-refractivity contribution in [2.24, 2.45) is 7.05 Å². The minimum atomic E-state index is 0.0407. The largest absolute Gasteiger partial charge is 0.360 e. The van der Waals surface area contributed by atoms with E-state index in [9.17, 15) is 4.79 Å². The standard InChI is InChI=1S/C11H14N2O/c1-7(2)9-5-12-10-6-13(3)11(14)4-8(9)10/h4-7,12H,1-3H3. The van der Waals surface area contributed by atoms with Crippen LogP contribution >= 0.6 is 0 Å². The van der Waals surface area contributed by atoms with Crippen LogP contribution in [0.2, 0.25) is 0 Å². The third-order valence-electron chi connectivity index (χ3n) is 2.54. The van der Waals surface area contributed by atoms with Crippen molar-refractivity contribution in [1.82, 2.24) is 9.55 Å². The first kappa shape index (κ1) is 9.06. The van der Waals surface area contributed by atoms with Crippen molar-refractivity contribution in [3.63, 3.8) is 0 Å². The molecular weight excluding hydrogens is 176 g/mol. The van der Waals surface area contributed by atoms with Crippen molar-refractivity contribution in [1.29, 1.82) is 0 Å². The second-order valence-electron chi connectivity index (χ2n) is 3.95. The van der Waals surface area contributed by atoms with Crippen LogP contribution in [0.4, 0.5) is 0 Å². The summed E-state index contributed by atoms with van der Waals surface area (Å²) in [4.78, 5) is 14.6. The van der Waals surface area contributed by atoms with Crippen molar-refractivity contribution in [2.45, 2.75) is 19.8 Å². The van der Waals surface area contributed by atoms with Gasteiger partial charge in [-0.1, -0.05) is 13.8 Å². The predicted octanol–water partition coefficient (Wildman–Crippen LogP) is 1.99. The third-order valence-corrected chi connectivity index (χ3v) is 2.54. The van der Waals surface area contributed by atoms with Crippen LogP contribution in [-0.2, 0) is 7.05 Å². The minimum absolute atomic E-state index is 0.0407. The lowest BCUT2D eigenvalue weighted by Crippen LogP contribution is -2.13. The van der Waals surface area contributed by atoms with E-state index in [0.717, 1.165) is 10.9 Å². The fourth-order valence-corrected chi connectivity index (χ4v) is 1.69. The molecule has 0 bridgehead atoms. The van der Waals surface area contributed by atoms with Gasteiger partial charge in [-0.15, -0.1) is 0 Å². The SMILES string of the molecule is CC(C)c1c[nH]c2cn(C)c(=O)cc12. The fourth-order valence-electron chi connectivity index (χ4n) is 1.69. The number of aromatic nitrogens is 2. The molecule has 0 atom stereocenters. The van der Waals surface area contributed by atoms with Gasteiger partial charge < -0.3 is 9.55 Å². The number of nitrogens with one attached hydrogen (secondary N) is 1. The molecule has 0 radical (unpaired) electrons. The number of hydrogen-bond acceptors (Lipinski definition) is 1. The Morgan fingerprint density at radius 1 is 1.43 bits per heavy atom. The normalized spacial score (nSPS) is 11.4. The summed E-state index contributed by atoms with van der Waals surface area (Å²) < 4.78 is 1.59. The monoisotopic (exact) mass is 190 g/mol. The van der Waals surface area contributed by atoms with Crippen LogP contribution in [0.3, 0.4) is 0 Å². The molecule has 0 saturated carbocycles. The van der Waals surface area contributed by atoms with Gasteiger partial charge in [0, 0.05) is 30.9 Å². The lowest BCUT2D eigenvalue weighted by atomic mass is 10.0. The first-order valence-corrected chi connectivity index (χ1v) is 4.77. The summed E-state index contributed by atoms with van der Waals surface area (Å²) in [5, 5.41) is 1.04. The van der Waals surface area contributed by atoms with E-state index < -0.39 is 0 Å². The van der Waals surface area contributed by atoms with Gasteiger partial charge in [0.2, 0.25) is 0 Å². The Morgan fingerprint density at radius 3 is 2.79 bits per heavy atom. The predicted molar refractivity (Wildman–Crippen MR) is 57.6 cm³/mol. The second-order valence-corrected chi connectivity index (χ2v) is 3.95. The van der Waals surface area contributed by atoms with E-state index in [0.29, 0.717) is 5.92 Å². The van der Waals surface area contributed by atoms with Crippen LogP contribution in [0.25, 0.3) is 10.9 Å². The van der Waals surface area contributed by atoms with Crippen molar-refractivity contribution in [3.05, 3.63) is 34.4 Å². The quantitative estimate of drug-likeness (QED) is 0.733. The van der Waals surface area contributed by atoms with Crippen LogP contribution in [0, 0.1) is 0 Å². The van der Waals surface area contributed by atoms with Crippen molar-refractivity contribution >= 4 is 10.9 Å². The van der Waals surface area contributed by atoms with Crippen LogP contribution in [0.15, 0.2) is 23.3 Å². The number of aryl methyl sites for hydroxylation is 1. The van der Waals surface area contributed by atoms with Gasteiger partial charge in [0.05, 0.1) is 5.52 Å². The Morgan fingerprint density at radius 2 is 2.14 bits per heavy atom. The molecule has 2 heterocycles. The van der Waals surface area contributed by atoms with Gasteiger partial charge in [-0.05, 0) is 11.5 Å². The number of rotatable bonds is 1. The molecule has 2 aromatic heterocycles. The molecule has 0 amide bonds. The van der Waals surface area contributed by atoms with Gasteiger partial charge >= 0.3 is 0 Å². The Bertz CT molecular complexity index is 520. The first-order valence-electron chi connectivity index (χ1n) is 4.77. The molecule has 0 aliphatic carbocycles. The van der Waals surface area contributed by atoms with Crippen LogP contribution < -0.4 is 5.56 Å². The zero-order valence-electron chi connectivity index (χ0n) is 8.66. The van der Waals surface area contributed by atoms with Crippen LogP contribution in [-0.4, -0.2) is 9.55 Å². The summed E-state index contributed by atoms with van der Waals surface area (Å²) in [6.45, 7) is 4.25. The highest BCUT2D eigenvalue weighted by Crippen LogP contribution is 2.23. The Balaban J connectivity index is 2.80. The smallest absolute Gasteiger partial charge is 0.251 e. The van der Waals surface area contributed by atoms with Crippen molar-refractivity contribution in [3.8, 4) is 0 Å². The molecule has 0 aromatic carbocycles. The highest BCUT2D eigenvalue weighted by Gasteiger charge is 2.07. The molecule has 0 aliphatic heterocycles. The molecule has 1 N–H and O–H groups in total. The Labute approximate surface area is 82.4 Å². The maximum atomic E-state index is 11.5. The van der Waals surface area contributed by atoms with Gasteiger partial charge in [-0.25, -0.2) is 0 Å². The average Bonchev–Trinajstić information content (AvgIpc) is 2.48. The molecule has 14 heavy (non-hydrogen) atoms. The van der Waals surface area contributed by atoms with Gasteiger partial charge in [0.1, 0.15) is 0 Å². The lowest BCUT2D eigenvalue weighted by Gasteiger charge is -2.02. The van der Waals surface area contributed by atoms with E-state index in [1.165, 1.54) is 5.56 Å².